The summed E-state index contributed by atoms with van der Waals surface area (Å²) in [7, 11) is 1.88. The van der Waals surface area contributed by atoms with Gasteiger partial charge >= 0.3 is 0 Å². The minimum Gasteiger partial charge on any atom is -0.457 e. The number of aryl methyl sites for hydroxylation is 1. The highest BCUT2D eigenvalue weighted by molar-refractivity contribution is 5.89. The van der Waals surface area contributed by atoms with Crippen LogP contribution in [0.4, 0.5) is 0 Å². The summed E-state index contributed by atoms with van der Waals surface area (Å²) in [5.74, 6) is 1.91. The van der Waals surface area contributed by atoms with Gasteiger partial charge in [0.2, 0.25) is 5.91 Å². The number of likely N-dealkylation sites (tertiary alicyclic amines) is 1. The summed E-state index contributed by atoms with van der Waals surface area (Å²) < 4.78 is 6.11. The number of para-hydroxylation sites is 1. The van der Waals surface area contributed by atoms with Gasteiger partial charge in [0.05, 0.1) is 5.92 Å². The van der Waals surface area contributed by atoms with E-state index in [1.54, 1.807) is 0 Å². The average molecular weight is 279 g/mol. The summed E-state index contributed by atoms with van der Waals surface area (Å²) >= 11 is 0. The summed E-state index contributed by atoms with van der Waals surface area (Å²) in [5, 5.41) is 0. The quantitative estimate of drug-likeness (QED) is 0.739. The molecule has 0 radical (unpaired) electrons. The molecule has 0 bridgehead atoms. The summed E-state index contributed by atoms with van der Waals surface area (Å²) in [6.07, 6.45) is 0. The normalized spacial score (nSPS) is 23.0. The van der Waals surface area contributed by atoms with Gasteiger partial charge in [0, 0.05) is 30.6 Å². The molecule has 0 unspecified atom stereocenters. The summed E-state index contributed by atoms with van der Waals surface area (Å²) in [4.78, 5) is 14.5. The lowest BCUT2D eigenvalue weighted by atomic mass is 9.83. The molecule has 106 valence electrons. The molecular weight excluding hydrogens is 262 g/mol. The fourth-order valence-electron chi connectivity index (χ4n) is 3.53. The number of fused-ring (bicyclic) bond motifs is 5. The lowest BCUT2D eigenvalue weighted by molar-refractivity contribution is -0.127. The minimum atomic E-state index is -0.131. The van der Waals surface area contributed by atoms with Crippen LogP contribution >= 0.6 is 0 Å². The fraction of sp³-hybridized carbons (Fsp3) is 0.278. The number of rotatable bonds is 0. The highest BCUT2D eigenvalue weighted by Crippen LogP contribution is 2.49. The Morgan fingerprint density at radius 1 is 1.10 bits per heavy atom. The third-order valence-corrected chi connectivity index (χ3v) is 4.55. The van der Waals surface area contributed by atoms with Crippen molar-refractivity contribution >= 4 is 5.91 Å². The Bertz CT molecular complexity index is 738. The van der Waals surface area contributed by atoms with Gasteiger partial charge in [-0.25, -0.2) is 0 Å². The molecule has 1 saturated heterocycles. The van der Waals surface area contributed by atoms with Gasteiger partial charge in [-0.3, -0.25) is 4.79 Å². The smallest absolute Gasteiger partial charge is 0.230 e. The molecule has 0 saturated carbocycles. The van der Waals surface area contributed by atoms with E-state index in [2.05, 4.69) is 19.1 Å². The first kappa shape index (κ1) is 12.5. The van der Waals surface area contributed by atoms with Crippen LogP contribution in [0.3, 0.4) is 0 Å². The number of carbonyl (C=O) groups excluding carboxylic acids is 1. The highest BCUT2D eigenvalue weighted by atomic mass is 16.5. The van der Waals surface area contributed by atoms with Crippen LogP contribution in [0.15, 0.2) is 42.5 Å². The second-order valence-corrected chi connectivity index (χ2v) is 5.98. The maximum Gasteiger partial charge on any atom is 0.230 e. The molecule has 2 aromatic carbocycles. The number of hydrogen-bond acceptors (Lipinski definition) is 2. The SMILES string of the molecule is Cc1ccc2c(c1)[C@H]1C(=O)N(C)C[C@@H]1c1ccccc1O2. The zero-order valence-corrected chi connectivity index (χ0v) is 12.2. The van der Waals surface area contributed by atoms with Gasteiger partial charge in [-0.05, 0) is 19.1 Å². The fourth-order valence-corrected chi connectivity index (χ4v) is 3.53. The number of likely N-dealkylation sites (N-methyl/N-ethyl adjacent to an activating group) is 1. The van der Waals surface area contributed by atoms with Gasteiger partial charge in [0.15, 0.2) is 0 Å². The predicted molar refractivity (Wildman–Crippen MR) is 80.8 cm³/mol. The monoisotopic (exact) mass is 279 g/mol. The van der Waals surface area contributed by atoms with E-state index in [0.29, 0.717) is 0 Å². The molecule has 2 aromatic rings. The van der Waals surface area contributed by atoms with Crippen LogP contribution in [0.5, 0.6) is 11.5 Å². The minimum absolute atomic E-state index is 0.131. The van der Waals surface area contributed by atoms with Crippen molar-refractivity contribution in [2.24, 2.45) is 0 Å². The topological polar surface area (TPSA) is 29.5 Å². The highest BCUT2D eigenvalue weighted by Gasteiger charge is 2.44. The number of nitrogens with zero attached hydrogens (tertiary/aromatic N) is 1. The molecular formula is C18H17NO2. The van der Waals surface area contributed by atoms with Gasteiger partial charge in [0.1, 0.15) is 11.5 Å². The molecule has 1 fully saturated rings. The van der Waals surface area contributed by atoms with E-state index in [1.807, 2.05) is 42.3 Å². The Kier molecular flexibility index (Phi) is 2.58. The molecule has 0 aromatic heterocycles. The first-order valence-electron chi connectivity index (χ1n) is 7.27. The van der Waals surface area contributed by atoms with E-state index in [9.17, 15) is 4.79 Å². The van der Waals surface area contributed by atoms with Crippen LogP contribution in [-0.2, 0) is 4.79 Å². The van der Waals surface area contributed by atoms with Crippen LogP contribution in [0.2, 0.25) is 0 Å². The van der Waals surface area contributed by atoms with Gasteiger partial charge in [-0.15, -0.1) is 0 Å². The van der Waals surface area contributed by atoms with Crippen molar-refractivity contribution in [2.45, 2.75) is 18.8 Å². The first-order chi connectivity index (χ1) is 10.1. The van der Waals surface area contributed by atoms with E-state index in [1.165, 1.54) is 0 Å². The Labute approximate surface area is 124 Å². The number of hydrogen-bond donors (Lipinski definition) is 0. The van der Waals surface area contributed by atoms with Crippen molar-refractivity contribution in [3.63, 3.8) is 0 Å². The molecule has 3 heteroatoms. The van der Waals surface area contributed by atoms with Gasteiger partial charge < -0.3 is 9.64 Å². The van der Waals surface area contributed by atoms with Crippen molar-refractivity contribution in [1.29, 1.82) is 0 Å². The van der Waals surface area contributed by atoms with E-state index >= 15 is 0 Å². The maximum absolute atomic E-state index is 12.6. The molecule has 2 heterocycles. The number of ether oxygens (including phenoxy) is 1. The Hall–Kier alpha value is -2.29. The van der Waals surface area contributed by atoms with Crippen molar-refractivity contribution in [3.05, 3.63) is 59.2 Å². The Morgan fingerprint density at radius 3 is 2.71 bits per heavy atom. The molecule has 4 rings (SSSR count). The standard InChI is InChI=1S/C18H17NO2/c1-11-7-8-16-13(9-11)17-14(10-19(2)18(17)20)12-5-3-4-6-15(12)21-16/h3-9,14,17H,10H2,1-2H3/t14-,17-/m1/s1. The molecule has 3 nitrogen and oxygen atoms in total. The predicted octanol–water partition coefficient (Wildman–Crippen LogP) is 3.44. The summed E-state index contributed by atoms with van der Waals surface area (Å²) in [5.41, 5.74) is 3.31. The molecule has 21 heavy (non-hydrogen) atoms. The van der Waals surface area contributed by atoms with Crippen LogP contribution < -0.4 is 4.74 Å². The molecule has 0 aliphatic carbocycles. The van der Waals surface area contributed by atoms with E-state index in [-0.39, 0.29) is 17.7 Å². The van der Waals surface area contributed by atoms with Crippen LogP contribution in [0.25, 0.3) is 0 Å². The molecule has 1 amide bonds. The number of amides is 1. The zero-order chi connectivity index (χ0) is 14.6. The number of benzene rings is 2. The Morgan fingerprint density at radius 2 is 1.86 bits per heavy atom. The Balaban J connectivity index is 1.98. The van der Waals surface area contributed by atoms with E-state index < -0.39 is 0 Å². The van der Waals surface area contributed by atoms with Crippen LogP contribution in [0, 0.1) is 6.92 Å². The maximum atomic E-state index is 12.6. The molecule has 0 N–H and O–H groups in total. The largest absolute Gasteiger partial charge is 0.457 e. The van der Waals surface area contributed by atoms with E-state index in [0.717, 1.165) is 34.7 Å². The molecule has 0 spiro atoms. The van der Waals surface area contributed by atoms with Crippen molar-refractivity contribution in [3.8, 4) is 11.5 Å². The first-order valence-corrected chi connectivity index (χ1v) is 7.27. The molecule has 2 atom stereocenters. The summed E-state index contributed by atoms with van der Waals surface area (Å²) in [6, 6.07) is 14.2. The van der Waals surface area contributed by atoms with Crippen LogP contribution in [0.1, 0.15) is 28.5 Å². The third kappa shape index (κ3) is 1.77. The van der Waals surface area contributed by atoms with Crippen molar-refractivity contribution in [1.82, 2.24) is 4.90 Å². The average Bonchev–Trinajstić information content (AvgIpc) is 2.70. The lowest BCUT2D eigenvalue weighted by Gasteiger charge is -2.15. The van der Waals surface area contributed by atoms with Gasteiger partial charge in [-0.1, -0.05) is 35.9 Å². The molecule has 2 aliphatic rings. The van der Waals surface area contributed by atoms with Gasteiger partial charge in [-0.2, -0.15) is 0 Å². The summed E-state index contributed by atoms with van der Waals surface area (Å²) in [6.45, 7) is 2.80. The third-order valence-electron chi connectivity index (χ3n) is 4.55. The molecule has 2 aliphatic heterocycles. The van der Waals surface area contributed by atoms with Crippen molar-refractivity contribution in [2.75, 3.05) is 13.6 Å². The van der Waals surface area contributed by atoms with E-state index in [4.69, 9.17) is 4.74 Å². The zero-order valence-electron chi connectivity index (χ0n) is 12.2. The lowest BCUT2D eigenvalue weighted by Crippen LogP contribution is -2.21. The van der Waals surface area contributed by atoms with Crippen molar-refractivity contribution < 1.29 is 9.53 Å². The second kappa shape index (κ2) is 4.35. The number of carbonyl (C=O) groups is 1. The second-order valence-electron chi connectivity index (χ2n) is 5.98. The van der Waals surface area contributed by atoms with Crippen LogP contribution in [-0.4, -0.2) is 24.4 Å². The van der Waals surface area contributed by atoms with Gasteiger partial charge in [0.25, 0.3) is 0 Å².